The Kier molecular flexibility index (Phi) is 5.83. The van der Waals surface area contributed by atoms with Gasteiger partial charge in [-0.2, -0.15) is 4.72 Å². The second-order valence-electron chi connectivity index (χ2n) is 11.7. The number of para-hydroxylation sites is 1. The highest BCUT2D eigenvalue weighted by atomic mass is 32.2. The van der Waals surface area contributed by atoms with E-state index >= 15 is 0 Å². The third-order valence-electron chi connectivity index (χ3n) is 9.16. The van der Waals surface area contributed by atoms with Gasteiger partial charge in [0.15, 0.2) is 10.7 Å². The molecule has 0 aromatic heterocycles. The molecular formula is C25H33N3O6S. The molecule has 190 valence electrons. The summed E-state index contributed by atoms with van der Waals surface area (Å²) in [7, 11) is -4.32. The Morgan fingerprint density at radius 2 is 1.69 bits per heavy atom. The molecule has 5 saturated carbocycles. The molecule has 5 aliphatic rings. The first kappa shape index (κ1) is 24.4. The second-order valence-corrected chi connectivity index (χ2v) is 13.3. The molecule has 10 heteroatoms. The van der Waals surface area contributed by atoms with Gasteiger partial charge >= 0.3 is 0 Å². The molecule has 1 aromatic rings. The molecule has 5 aliphatic carbocycles. The smallest absolute Gasteiger partial charge is 0.289 e. The summed E-state index contributed by atoms with van der Waals surface area (Å²) in [6.07, 6.45) is 8.27. The Labute approximate surface area is 205 Å². The molecule has 1 aromatic carbocycles. The van der Waals surface area contributed by atoms with Crippen molar-refractivity contribution in [2.75, 3.05) is 0 Å². The predicted octanol–water partition coefficient (Wildman–Crippen LogP) is 3.61. The van der Waals surface area contributed by atoms with E-state index in [0.29, 0.717) is 43.9 Å². The van der Waals surface area contributed by atoms with E-state index in [9.17, 15) is 28.1 Å². The number of nitrogens with one attached hydrogen (secondary N) is 1. The third-order valence-corrected chi connectivity index (χ3v) is 10.7. The molecule has 0 radical (unpaired) electrons. The number of primary amides is 1. The predicted molar refractivity (Wildman–Crippen MR) is 128 cm³/mol. The zero-order chi connectivity index (χ0) is 25.1. The summed E-state index contributed by atoms with van der Waals surface area (Å²) in [5, 5.41) is 11.5. The lowest BCUT2D eigenvalue weighted by atomic mass is 9.43. The van der Waals surface area contributed by atoms with Crippen LogP contribution in [0, 0.1) is 32.8 Å². The lowest BCUT2D eigenvalue weighted by Crippen LogP contribution is -2.60. The first-order valence-corrected chi connectivity index (χ1v) is 14.1. The van der Waals surface area contributed by atoms with Crippen molar-refractivity contribution in [1.29, 1.82) is 0 Å². The number of ketones is 1. The number of Topliss-reactive ketones (excluding diaryl/α,β-unsaturated/α-hetero) is 1. The van der Waals surface area contributed by atoms with Crippen LogP contribution in [0.5, 0.6) is 0 Å². The molecule has 0 heterocycles. The molecule has 4 bridgehead atoms. The molecule has 3 N–H and O–H groups in total. The lowest BCUT2D eigenvalue weighted by Gasteiger charge is -2.61. The standard InChI is InChI=1S/C25H33N3O6S/c26-22(30)24-13-17-10-18(14-24)12-23(11-17,16-24)15-21(29)25(8-4-1-5-9-25)27-35(33,34)20-7-3-2-6-19(20)28(31)32/h2-3,6-7,17-18,27H,1,4-5,8-16H2,(H2,26,30). The minimum absolute atomic E-state index is 0.152. The molecule has 1 amide bonds. The first-order valence-electron chi connectivity index (χ1n) is 12.6. The fourth-order valence-electron chi connectivity index (χ4n) is 8.20. The fraction of sp³-hybridized carbons (Fsp3) is 0.680. The number of hydrogen-bond donors (Lipinski definition) is 2. The van der Waals surface area contributed by atoms with E-state index in [4.69, 9.17) is 5.73 Å². The average Bonchev–Trinajstić information content (AvgIpc) is 2.78. The Bertz CT molecular complexity index is 1160. The Morgan fingerprint density at radius 1 is 1.06 bits per heavy atom. The van der Waals surface area contributed by atoms with Crippen molar-refractivity contribution in [2.45, 2.75) is 87.5 Å². The van der Waals surface area contributed by atoms with Gasteiger partial charge in [-0.05, 0) is 74.7 Å². The summed E-state index contributed by atoms with van der Waals surface area (Å²) in [6, 6.07) is 5.22. The Morgan fingerprint density at radius 3 is 2.29 bits per heavy atom. The minimum atomic E-state index is -4.32. The number of carbonyl (C=O) groups is 2. The minimum Gasteiger partial charge on any atom is -0.369 e. The maximum atomic E-state index is 14.0. The zero-order valence-corrected chi connectivity index (χ0v) is 20.6. The van der Waals surface area contributed by atoms with Crippen LogP contribution >= 0.6 is 0 Å². The lowest BCUT2D eigenvalue weighted by molar-refractivity contribution is -0.387. The van der Waals surface area contributed by atoms with Gasteiger partial charge in [0.05, 0.1) is 15.9 Å². The number of benzene rings is 1. The van der Waals surface area contributed by atoms with Gasteiger partial charge in [-0.1, -0.05) is 31.4 Å². The van der Waals surface area contributed by atoms with Crippen LogP contribution in [0.3, 0.4) is 0 Å². The van der Waals surface area contributed by atoms with E-state index in [1.54, 1.807) is 0 Å². The maximum absolute atomic E-state index is 14.0. The number of rotatable bonds is 8. The van der Waals surface area contributed by atoms with Crippen LogP contribution in [0.15, 0.2) is 29.2 Å². The molecule has 0 saturated heterocycles. The molecule has 5 fully saturated rings. The average molecular weight is 504 g/mol. The number of nitrogens with two attached hydrogens (primary N) is 1. The van der Waals surface area contributed by atoms with Crippen LogP contribution in [0.25, 0.3) is 0 Å². The summed E-state index contributed by atoms with van der Waals surface area (Å²) in [5.74, 6) is 0.332. The summed E-state index contributed by atoms with van der Waals surface area (Å²) in [5.41, 5.74) is 3.19. The van der Waals surface area contributed by atoms with Crippen molar-refractivity contribution in [3.05, 3.63) is 34.4 Å². The van der Waals surface area contributed by atoms with Gasteiger partial charge in [0, 0.05) is 12.5 Å². The van der Waals surface area contributed by atoms with E-state index in [-0.39, 0.29) is 23.5 Å². The molecule has 2 unspecified atom stereocenters. The second kappa shape index (κ2) is 8.37. The number of amides is 1. The van der Waals surface area contributed by atoms with E-state index in [2.05, 4.69) is 4.72 Å². The van der Waals surface area contributed by atoms with Crippen LogP contribution in [0.1, 0.15) is 77.0 Å². The van der Waals surface area contributed by atoms with E-state index < -0.39 is 36.5 Å². The Balaban J connectivity index is 1.45. The van der Waals surface area contributed by atoms with Crippen molar-refractivity contribution < 1.29 is 22.9 Å². The third kappa shape index (κ3) is 4.18. The molecule has 6 rings (SSSR count). The topological polar surface area (TPSA) is 149 Å². The number of sulfonamides is 1. The quantitative estimate of drug-likeness (QED) is 0.409. The molecule has 9 nitrogen and oxygen atoms in total. The number of nitro benzene ring substituents is 1. The number of nitro groups is 1. The van der Waals surface area contributed by atoms with Crippen molar-refractivity contribution in [2.24, 2.45) is 28.4 Å². The van der Waals surface area contributed by atoms with Gasteiger partial charge in [0.2, 0.25) is 15.9 Å². The summed E-state index contributed by atoms with van der Waals surface area (Å²) < 4.78 is 29.5. The van der Waals surface area contributed by atoms with Crippen molar-refractivity contribution in [1.82, 2.24) is 4.72 Å². The Hall–Kier alpha value is -2.33. The fourth-order valence-corrected chi connectivity index (χ4v) is 9.82. The van der Waals surface area contributed by atoms with Gasteiger partial charge in [0.25, 0.3) is 5.69 Å². The zero-order valence-electron chi connectivity index (χ0n) is 19.8. The summed E-state index contributed by atoms with van der Waals surface area (Å²) >= 11 is 0. The van der Waals surface area contributed by atoms with Gasteiger partial charge in [-0.15, -0.1) is 0 Å². The number of hydrogen-bond acceptors (Lipinski definition) is 6. The SMILES string of the molecule is NC(=O)C12CC3CC(CC(CC(=O)C4(NS(=O)(=O)c5ccccc5[N+](=O)[O-])CCCCC4)(C3)C1)C2. The molecular weight excluding hydrogens is 470 g/mol. The van der Waals surface area contributed by atoms with Crippen LogP contribution in [0.2, 0.25) is 0 Å². The van der Waals surface area contributed by atoms with Gasteiger partial charge in [-0.25, -0.2) is 8.42 Å². The first-order chi connectivity index (χ1) is 16.5. The number of nitrogens with zero attached hydrogens (tertiary/aromatic N) is 1. The van der Waals surface area contributed by atoms with Crippen LogP contribution in [-0.4, -0.2) is 30.6 Å². The van der Waals surface area contributed by atoms with Gasteiger partial charge in [0.1, 0.15) is 0 Å². The van der Waals surface area contributed by atoms with Crippen molar-refractivity contribution >= 4 is 27.4 Å². The molecule has 0 aliphatic heterocycles. The van der Waals surface area contributed by atoms with Crippen molar-refractivity contribution in [3.8, 4) is 0 Å². The summed E-state index contributed by atoms with van der Waals surface area (Å²) in [6.45, 7) is 0. The van der Waals surface area contributed by atoms with Crippen LogP contribution < -0.4 is 10.5 Å². The van der Waals surface area contributed by atoms with Gasteiger partial charge in [-0.3, -0.25) is 19.7 Å². The summed E-state index contributed by atoms with van der Waals surface area (Å²) in [4.78, 5) is 36.8. The highest BCUT2D eigenvalue weighted by Gasteiger charge is 2.61. The normalized spacial score (nSPS) is 33.4. The van der Waals surface area contributed by atoms with Crippen LogP contribution in [0.4, 0.5) is 5.69 Å². The monoisotopic (exact) mass is 503 g/mol. The van der Waals surface area contributed by atoms with E-state index in [1.807, 2.05) is 0 Å². The van der Waals surface area contributed by atoms with Crippen LogP contribution in [-0.2, 0) is 19.6 Å². The number of carbonyl (C=O) groups excluding carboxylic acids is 2. The highest BCUT2D eigenvalue weighted by Crippen LogP contribution is 2.66. The largest absolute Gasteiger partial charge is 0.369 e. The van der Waals surface area contributed by atoms with E-state index in [1.165, 1.54) is 18.2 Å². The van der Waals surface area contributed by atoms with Gasteiger partial charge < -0.3 is 5.73 Å². The molecule has 2 atom stereocenters. The molecule has 0 spiro atoms. The maximum Gasteiger partial charge on any atom is 0.289 e. The van der Waals surface area contributed by atoms with E-state index in [0.717, 1.165) is 44.6 Å². The van der Waals surface area contributed by atoms with Crippen molar-refractivity contribution in [3.63, 3.8) is 0 Å². The molecule has 35 heavy (non-hydrogen) atoms. The highest BCUT2D eigenvalue weighted by molar-refractivity contribution is 7.89.